The van der Waals surface area contributed by atoms with Gasteiger partial charge in [0.25, 0.3) is 0 Å². The number of aromatic amines is 1. The molecule has 6 nitrogen and oxygen atoms in total. The lowest BCUT2D eigenvalue weighted by atomic mass is 10.0. The number of nitrogens with one attached hydrogen (secondary N) is 1. The molecule has 0 saturated carbocycles. The number of anilines is 1. The van der Waals surface area contributed by atoms with E-state index >= 15 is 0 Å². The van der Waals surface area contributed by atoms with E-state index in [2.05, 4.69) is 25.4 Å². The Kier molecular flexibility index (Phi) is 3.40. The molecule has 0 aliphatic carbocycles. The zero-order valence-electron chi connectivity index (χ0n) is 10.9. The highest BCUT2D eigenvalue weighted by molar-refractivity contribution is 5.58. The molecule has 0 atom stereocenters. The van der Waals surface area contributed by atoms with E-state index in [1.165, 1.54) is 12.1 Å². The van der Waals surface area contributed by atoms with E-state index in [-0.39, 0.29) is 5.75 Å². The molecule has 112 valence electrons. The molecule has 0 saturated heterocycles. The summed E-state index contributed by atoms with van der Waals surface area (Å²) in [6.07, 6.45) is -3.11. The van der Waals surface area contributed by atoms with E-state index in [0.29, 0.717) is 18.8 Å². The fraction of sp³-hybridized carbons (Fsp3) is 0.417. The van der Waals surface area contributed by atoms with Crippen LogP contribution in [0.25, 0.3) is 0 Å². The summed E-state index contributed by atoms with van der Waals surface area (Å²) >= 11 is 0. The smallest absolute Gasteiger partial charge is 0.406 e. The first-order chi connectivity index (χ1) is 10.0. The molecule has 0 radical (unpaired) electrons. The Bertz CT molecular complexity index is 614. The first kappa shape index (κ1) is 13.7. The highest BCUT2D eigenvalue weighted by Gasteiger charge is 2.31. The number of rotatable bonds is 3. The summed E-state index contributed by atoms with van der Waals surface area (Å²) in [4.78, 5) is 2.01. The van der Waals surface area contributed by atoms with Crippen LogP contribution in [0, 0.1) is 0 Å². The number of halogens is 3. The van der Waals surface area contributed by atoms with Crippen LogP contribution in [0.15, 0.2) is 18.2 Å². The molecule has 21 heavy (non-hydrogen) atoms. The van der Waals surface area contributed by atoms with Gasteiger partial charge >= 0.3 is 6.36 Å². The molecule has 9 heteroatoms. The van der Waals surface area contributed by atoms with Crippen molar-refractivity contribution in [1.82, 2.24) is 20.6 Å². The molecule has 2 heterocycles. The number of hydrogen-bond acceptors (Lipinski definition) is 5. The summed E-state index contributed by atoms with van der Waals surface area (Å²) < 4.78 is 40.7. The SMILES string of the molecule is FC(F)(F)Oc1ccc2c(c1)CCCN2Cc1nn[nH]n1. The van der Waals surface area contributed by atoms with Gasteiger partial charge in [0.05, 0.1) is 6.54 Å². The third kappa shape index (κ3) is 3.23. The Balaban J connectivity index is 1.82. The number of tetrazole rings is 1. The van der Waals surface area contributed by atoms with Gasteiger partial charge < -0.3 is 9.64 Å². The van der Waals surface area contributed by atoms with Crippen LogP contribution in [0.1, 0.15) is 17.8 Å². The van der Waals surface area contributed by atoms with Gasteiger partial charge in [-0.2, -0.15) is 5.21 Å². The van der Waals surface area contributed by atoms with Gasteiger partial charge in [0.1, 0.15) is 5.75 Å². The molecule has 0 fully saturated rings. The average molecular weight is 299 g/mol. The van der Waals surface area contributed by atoms with Crippen molar-refractivity contribution >= 4 is 5.69 Å². The number of ether oxygens (including phenoxy) is 1. The van der Waals surface area contributed by atoms with E-state index in [9.17, 15) is 13.2 Å². The highest BCUT2D eigenvalue weighted by atomic mass is 19.4. The van der Waals surface area contributed by atoms with Crippen LogP contribution in [0.4, 0.5) is 18.9 Å². The van der Waals surface area contributed by atoms with Crippen LogP contribution in [0.2, 0.25) is 0 Å². The second-order valence-electron chi connectivity index (χ2n) is 4.69. The van der Waals surface area contributed by atoms with Crippen LogP contribution in [-0.4, -0.2) is 33.5 Å². The normalized spacial score (nSPS) is 14.9. The van der Waals surface area contributed by atoms with E-state index in [1.807, 2.05) is 4.90 Å². The Morgan fingerprint density at radius 3 is 2.90 bits per heavy atom. The predicted octanol–water partition coefficient (Wildman–Crippen LogP) is 2.05. The van der Waals surface area contributed by atoms with Crippen molar-refractivity contribution in [3.63, 3.8) is 0 Å². The molecule has 1 aliphatic heterocycles. The maximum absolute atomic E-state index is 12.2. The summed E-state index contributed by atoms with van der Waals surface area (Å²) in [5, 5.41) is 13.6. The fourth-order valence-electron chi connectivity index (χ4n) is 2.43. The molecule has 1 aliphatic rings. The first-order valence-electron chi connectivity index (χ1n) is 6.37. The number of fused-ring (bicyclic) bond motifs is 1. The minimum atomic E-state index is -4.67. The molecule has 1 N–H and O–H groups in total. The Hall–Kier alpha value is -2.32. The molecule has 0 spiro atoms. The largest absolute Gasteiger partial charge is 0.573 e. The van der Waals surface area contributed by atoms with Crippen LogP contribution in [0.3, 0.4) is 0 Å². The molecule has 1 aromatic heterocycles. The standard InChI is InChI=1S/C12H12F3N5O/c13-12(14,15)21-9-3-4-10-8(6-9)2-1-5-20(10)7-11-16-18-19-17-11/h3-4,6H,1-2,5,7H2,(H,16,17,18,19). The summed E-state index contributed by atoms with van der Waals surface area (Å²) in [7, 11) is 0. The molecule has 2 aromatic rings. The van der Waals surface area contributed by atoms with Crippen LogP contribution in [0.5, 0.6) is 5.75 Å². The molecule has 0 bridgehead atoms. The molecule has 0 amide bonds. The van der Waals surface area contributed by atoms with Gasteiger partial charge in [0, 0.05) is 12.2 Å². The highest BCUT2D eigenvalue weighted by Crippen LogP contribution is 2.33. The quantitative estimate of drug-likeness (QED) is 0.939. The first-order valence-corrected chi connectivity index (χ1v) is 6.37. The van der Waals surface area contributed by atoms with Crippen molar-refractivity contribution in [2.24, 2.45) is 0 Å². The van der Waals surface area contributed by atoms with E-state index in [1.54, 1.807) is 6.07 Å². The number of nitrogens with zero attached hydrogens (tertiary/aromatic N) is 4. The number of benzene rings is 1. The molecule has 3 rings (SSSR count). The maximum atomic E-state index is 12.2. The van der Waals surface area contributed by atoms with Crippen molar-refractivity contribution in [2.45, 2.75) is 25.7 Å². The average Bonchev–Trinajstić information content (AvgIpc) is 2.90. The van der Waals surface area contributed by atoms with Gasteiger partial charge in [-0.25, -0.2) is 0 Å². The zero-order valence-corrected chi connectivity index (χ0v) is 10.9. The number of H-pyrrole nitrogens is 1. The van der Waals surface area contributed by atoms with E-state index < -0.39 is 6.36 Å². The third-order valence-corrected chi connectivity index (χ3v) is 3.22. The molecule has 0 unspecified atom stereocenters. The minimum Gasteiger partial charge on any atom is -0.406 e. The Labute approximate surface area is 117 Å². The van der Waals surface area contributed by atoms with Crippen molar-refractivity contribution in [3.05, 3.63) is 29.6 Å². The monoisotopic (exact) mass is 299 g/mol. The summed E-state index contributed by atoms with van der Waals surface area (Å²) in [6, 6.07) is 4.39. The molecular weight excluding hydrogens is 287 g/mol. The van der Waals surface area contributed by atoms with Gasteiger partial charge in [0.15, 0.2) is 5.82 Å². The molecular formula is C12H12F3N5O. The number of aryl methyl sites for hydroxylation is 1. The fourth-order valence-corrected chi connectivity index (χ4v) is 2.43. The lowest BCUT2D eigenvalue weighted by Crippen LogP contribution is -2.29. The summed E-state index contributed by atoms with van der Waals surface area (Å²) in [5.74, 6) is 0.348. The van der Waals surface area contributed by atoms with E-state index in [4.69, 9.17) is 0 Å². The van der Waals surface area contributed by atoms with Crippen molar-refractivity contribution in [2.75, 3.05) is 11.4 Å². The van der Waals surface area contributed by atoms with Gasteiger partial charge in [-0.05, 0) is 36.6 Å². The zero-order chi connectivity index (χ0) is 14.9. The van der Waals surface area contributed by atoms with Crippen molar-refractivity contribution in [3.8, 4) is 5.75 Å². The number of aromatic nitrogens is 4. The van der Waals surface area contributed by atoms with Crippen molar-refractivity contribution in [1.29, 1.82) is 0 Å². The third-order valence-electron chi connectivity index (χ3n) is 3.22. The lowest BCUT2D eigenvalue weighted by molar-refractivity contribution is -0.274. The molecule has 1 aromatic carbocycles. The second kappa shape index (κ2) is 5.23. The number of hydrogen-bond donors (Lipinski definition) is 1. The van der Waals surface area contributed by atoms with Gasteiger partial charge in [-0.1, -0.05) is 5.21 Å². The lowest BCUT2D eigenvalue weighted by Gasteiger charge is -2.30. The predicted molar refractivity (Wildman–Crippen MR) is 66.7 cm³/mol. The second-order valence-corrected chi connectivity index (χ2v) is 4.69. The van der Waals surface area contributed by atoms with Gasteiger partial charge in [0.2, 0.25) is 0 Å². The summed E-state index contributed by atoms with van der Waals surface area (Å²) in [5.41, 5.74) is 1.70. The van der Waals surface area contributed by atoms with Crippen LogP contribution < -0.4 is 9.64 Å². The van der Waals surface area contributed by atoms with Gasteiger partial charge in [-0.3, -0.25) is 0 Å². The maximum Gasteiger partial charge on any atom is 0.573 e. The Morgan fingerprint density at radius 2 is 2.19 bits per heavy atom. The minimum absolute atomic E-state index is 0.192. The van der Waals surface area contributed by atoms with Gasteiger partial charge in [-0.15, -0.1) is 23.4 Å². The van der Waals surface area contributed by atoms with Crippen molar-refractivity contribution < 1.29 is 17.9 Å². The Morgan fingerprint density at radius 1 is 1.33 bits per heavy atom. The topological polar surface area (TPSA) is 66.9 Å². The van der Waals surface area contributed by atoms with E-state index in [0.717, 1.165) is 24.2 Å². The number of alkyl halides is 3. The summed E-state index contributed by atoms with van der Waals surface area (Å²) in [6.45, 7) is 1.25. The van der Waals surface area contributed by atoms with Crippen LogP contribution in [-0.2, 0) is 13.0 Å². The van der Waals surface area contributed by atoms with Crippen LogP contribution >= 0.6 is 0 Å².